The highest BCUT2D eigenvalue weighted by Gasteiger charge is 2.37. The van der Waals surface area contributed by atoms with E-state index in [-0.39, 0.29) is 11.6 Å². The van der Waals surface area contributed by atoms with Crippen molar-refractivity contribution in [2.75, 3.05) is 13.1 Å². The maximum atomic E-state index is 13.1. The summed E-state index contributed by atoms with van der Waals surface area (Å²) in [6, 6.07) is 4.89. The average molecular weight is 350 g/mol. The SMILES string of the molecule is O=C(c1ccccc1C(F)(F)F)N1CC[C@@H](n2cc(C3CC3)nn2)C1. The number of benzene rings is 1. The molecule has 2 heterocycles. The van der Waals surface area contributed by atoms with Crippen molar-refractivity contribution in [3.63, 3.8) is 0 Å². The first-order chi connectivity index (χ1) is 11.9. The Morgan fingerprint density at radius 2 is 1.92 bits per heavy atom. The van der Waals surface area contributed by atoms with E-state index in [1.54, 1.807) is 4.68 Å². The smallest absolute Gasteiger partial charge is 0.336 e. The van der Waals surface area contributed by atoms with Gasteiger partial charge in [-0.2, -0.15) is 13.2 Å². The van der Waals surface area contributed by atoms with Crippen LogP contribution in [0.15, 0.2) is 30.5 Å². The Morgan fingerprint density at radius 1 is 1.16 bits per heavy atom. The van der Waals surface area contributed by atoms with Crippen LogP contribution in [-0.4, -0.2) is 38.9 Å². The van der Waals surface area contributed by atoms with Crippen molar-refractivity contribution in [2.24, 2.45) is 0 Å². The third-order valence-corrected chi connectivity index (χ3v) is 4.81. The molecule has 8 heteroatoms. The minimum atomic E-state index is -4.55. The van der Waals surface area contributed by atoms with Crippen molar-refractivity contribution in [3.8, 4) is 0 Å². The van der Waals surface area contributed by atoms with Crippen LogP contribution >= 0.6 is 0 Å². The lowest BCUT2D eigenvalue weighted by Gasteiger charge is -2.19. The second-order valence-corrected chi connectivity index (χ2v) is 6.63. The molecule has 2 aromatic rings. The van der Waals surface area contributed by atoms with E-state index in [1.165, 1.54) is 23.1 Å². The third-order valence-electron chi connectivity index (χ3n) is 4.81. The van der Waals surface area contributed by atoms with Crippen LogP contribution in [0.3, 0.4) is 0 Å². The highest BCUT2D eigenvalue weighted by atomic mass is 19.4. The van der Waals surface area contributed by atoms with Crippen LogP contribution in [0.5, 0.6) is 0 Å². The summed E-state index contributed by atoms with van der Waals surface area (Å²) in [6.45, 7) is 0.757. The van der Waals surface area contributed by atoms with Gasteiger partial charge in [-0.15, -0.1) is 5.10 Å². The zero-order chi connectivity index (χ0) is 17.6. The molecule has 1 saturated carbocycles. The predicted molar refractivity (Wildman–Crippen MR) is 83.0 cm³/mol. The molecule has 1 atom stereocenters. The molecule has 25 heavy (non-hydrogen) atoms. The lowest BCUT2D eigenvalue weighted by atomic mass is 10.1. The lowest BCUT2D eigenvalue weighted by Crippen LogP contribution is -2.31. The topological polar surface area (TPSA) is 51.0 Å². The second-order valence-electron chi connectivity index (χ2n) is 6.63. The van der Waals surface area contributed by atoms with Crippen LogP contribution < -0.4 is 0 Å². The molecule has 0 bridgehead atoms. The lowest BCUT2D eigenvalue weighted by molar-refractivity contribution is -0.138. The molecule has 2 aliphatic rings. The van der Waals surface area contributed by atoms with E-state index in [4.69, 9.17) is 0 Å². The van der Waals surface area contributed by atoms with E-state index in [1.807, 2.05) is 6.20 Å². The summed E-state index contributed by atoms with van der Waals surface area (Å²) >= 11 is 0. The first kappa shape index (κ1) is 16.1. The standard InChI is InChI=1S/C17H17F3N4O/c18-17(19,20)14-4-2-1-3-13(14)16(25)23-8-7-12(9-23)24-10-15(21-22-24)11-5-6-11/h1-4,10-12H,5-9H2/t12-/m1/s1. The molecule has 0 radical (unpaired) electrons. The van der Waals surface area contributed by atoms with Gasteiger partial charge in [0.05, 0.1) is 22.9 Å². The molecule has 1 aliphatic heterocycles. The van der Waals surface area contributed by atoms with Crippen molar-refractivity contribution in [1.82, 2.24) is 19.9 Å². The van der Waals surface area contributed by atoms with Gasteiger partial charge in [0, 0.05) is 25.2 Å². The van der Waals surface area contributed by atoms with Gasteiger partial charge in [-0.1, -0.05) is 17.3 Å². The number of carbonyl (C=O) groups is 1. The summed E-state index contributed by atoms with van der Waals surface area (Å²) in [5.74, 6) is -0.0930. The van der Waals surface area contributed by atoms with Crippen molar-refractivity contribution < 1.29 is 18.0 Å². The van der Waals surface area contributed by atoms with Crippen LogP contribution in [0.4, 0.5) is 13.2 Å². The molecule has 1 aromatic carbocycles. The number of nitrogens with zero attached hydrogens (tertiary/aromatic N) is 4. The molecule has 132 valence electrons. The van der Waals surface area contributed by atoms with E-state index in [0.717, 1.165) is 24.6 Å². The van der Waals surface area contributed by atoms with Crippen LogP contribution in [0.1, 0.15) is 52.8 Å². The number of likely N-dealkylation sites (tertiary alicyclic amines) is 1. The van der Waals surface area contributed by atoms with Crippen LogP contribution in [-0.2, 0) is 6.18 Å². The fraction of sp³-hybridized carbons (Fsp3) is 0.471. The molecule has 2 fully saturated rings. The van der Waals surface area contributed by atoms with Crippen LogP contribution in [0.25, 0.3) is 0 Å². The minimum Gasteiger partial charge on any atom is -0.336 e. The van der Waals surface area contributed by atoms with Crippen molar-refractivity contribution in [1.29, 1.82) is 0 Å². The number of rotatable bonds is 3. The number of carbonyl (C=O) groups excluding carboxylic acids is 1. The maximum Gasteiger partial charge on any atom is 0.417 e. The monoisotopic (exact) mass is 350 g/mol. The number of hydrogen-bond acceptors (Lipinski definition) is 3. The quantitative estimate of drug-likeness (QED) is 0.854. The van der Waals surface area contributed by atoms with E-state index >= 15 is 0 Å². The van der Waals surface area contributed by atoms with Gasteiger partial charge in [-0.25, -0.2) is 4.68 Å². The Kier molecular flexibility index (Phi) is 3.77. The summed E-state index contributed by atoms with van der Waals surface area (Å²) in [6.07, 6.45) is 0.272. The van der Waals surface area contributed by atoms with Gasteiger partial charge in [0.25, 0.3) is 5.91 Å². The number of hydrogen-bond donors (Lipinski definition) is 0. The maximum absolute atomic E-state index is 13.1. The fourth-order valence-electron chi connectivity index (χ4n) is 3.26. The minimum absolute atomic E-state index is 0.0398. The zero-order valence-electron chi connectivity index (χ0n) is 13.4. The molecular formula is C17H17F3N4O. The van der Waals surface area contributed by atoms with Crippen molar-refractivity contribution >= 4 is 5.91 Å². The first-order valence-electron chi connectivity index (χ1n) is 8.30. The predicted octanol–water partition coefficient (Wildman–Crippen LogP) is 3.26. The van der Waals surface area contributed by atoms with E-state index in [9.17, 15) is 18.0 Å². The molecule has 0 spiro atoms. The molecule has 1 saturated heterocycles. The van der Waals surface area contributed by atoms with Crippen LogP contribution in [0, 0.1) is 0 Å². The third kappa shape index (κ3) is 3.12. The summed E-state index contributed by atoms with van der Waals surface area (Å²) in [5.41, 5.74) is -0.222. The summed E-state index contributed by atoms with van der Waals surface area (Å²) in [7, 11) is 0. The number of alkyl halides is 3. The molecule has 4 rings (SSSR count). The number of halogens is 3. The number of amides is 1. The molecule has 0 unspecified atom stereocenters. The van der Waals surface area contributed by atoms with E-state index in [2.05, 4.69) is 10.3 Å². The van der Waals surface area contributed by atoms with Gasteiger partial charge in [0.15, 0.2) is 0 Å². The molecular weight excluding hydrogens is 333 g/mol. The highest BCUT2D eigenvalue weighted by Crippen LogP contribution is 2.39. The Labute approximate surface area is 142 Å². The van der Waals surface area contributed by atoms with E-state index < -0.39 is 17.6 Å². The molecule has 0 N–H and O–H groups in total. The van der Waals surface area contributed by atoms with Gasteiger partial charge < -0.3 is 4.90 Å². The Balaban J connectivity index is 1.50. The Morgan fingerprint density at radius 3 is 2.64 bits per heavy atom. The van der Waals surface area contributed by atoms with E-state index in [0.29, 0.717) is 25.4 Å². The van der Waals surface area contributed by atoms with Crippen molar-refractivity contribution in [3.05, 3.63) is 47.3 Å². The van der Waals surface area contributed by atoms with Gasteiger partial charge >= 0.3 is 6.18 Å². The van der Waals surface area contributed by atoms with Gasteiger partial charge in [-0.05, 0) is 31.4 Å². The first-order valence-corrected chi connectivity index (χ1v) is 8.30. The van der Waals surface area contributed by atoms with Crippen LogP contribution in [0.2, 0.25) is 0 Å². The fourth-order valence-corrected chi connectivity index (χ4v) is 3.26. The normalized spacial score (nSPS) is 20.9. The summed E-state index contributed by atoms with van der Waals surface area (Å²) in [4.78, 5) is 14.1. The Bertz CT molecular complexity index is 797. The molecule has 5 nitrogen and oxygen atoms in total. The largest absolute Gasteiger partial charge is 0.417 e. The molecule has 1 aromatic heterocycles. The van der Waals surface area contributed by atoms with Crippen molar-refractivity contribution in [2.45, 2.75) is 37.4 Å². The average Bonchev–Trinajstić information content (AvgIpc) is 3.11. The van der Waals surface area contributed by atoms with Gasteiger partial charge in [0.2, 0.25) is 0 Å². The molecule has 1 amide bonds. The summed E-state index contributed by atoms with van der Waals surface area (Å²) in [5, 5.41) is 8.29. The number of aromatic nitrogens is 3. The zero-order valence-corrected chi connectivity index (χ0v) is 13.4. The highest BCUT2D eigenvalue weighted by molar-refractivity contribution is 5.96. The molecule has 1 aliphatic carbocycles. The van der Waals surface area contributed by atoms with Gasteiger partial charge in [-0.3, -0.25) is 4.79 Å². The Hall–Kier alpha value is -2.38. The summed E-state index contributed by atoms with van der Waals surface area (Å²) < 4.78 is 41.1. The van der Waals surface area contributed by atoms with Gasteiger partial charge in [0.1, 0.15) is 0 Å². The second kappa shape index (κ2) is 5.86.